The van der Waals surface area contributed by atoms with Crippen LogP contribution in [0.2, 0.25) is 0 Å². The molecule has 0 aromatic carbocycles. The molecule has 0 aromatic rings. The predicted octanol–water partition coefficient (Wildman–Crippen LogP) is 12.9. The first-order valence-corrected chi connectivity index (χ1v) is 25.1. The first-order valence-electron chi connectivity index (χ1n) is 23.6. The van der Waals surface area contributed by atoms with Gasteiger partial charge in [-0.3, -0.25) is 18.6 Å². The number of phosphoric ester groups is 1. The van der Waals surface area contributed by atoms with Crippen molar-refractivity contribution in [2.24, 2.45) is 0 Å². The van der Waals surface area contributed by atoms with Crippen molar-refractivity contribution in [1.82, 2.24) is 0 Å². The lowest BCUT2D eigenvalue weighted by Crippen LogP contribution is -2.29. The zero-order chi connectivity index (χ0) is 43.3. The minimum Gasteiger partial charge on any atom is -0.462 e. The Labute approximate surface area is 360 Å². The molecule has 0 saturated carbocycles. The van der Waals surface area contributed by atoms with Gasteiger partial charge in [-0.2, -0.15) is 0 Å². The lowest BCUT2D eigenvalue weighted by molar-refractivity contribution is -0.161. The van der Waals surface area contributed by atoms with Gasteiger partial charge in [-0.1, -0.05) is 165 Å². The van der Waals surface area contributed by atoms with Gasteiger partial charge in [0.1, 0.15) is 12.7 Å². The van der Waals surface area contributed by atoms with Gasteiger partial charge in [0, 0.05) is 12.8 Å². The van der Waals surface area contributed by atoms with Gasteiger partial charge in [-0.15, -0.1) is 0 Å². The van der Waals surface area contributed by atoms with E-state index in [0.717, 1.165) is 70.6 Å². The molecule has 0 radical (unpaired) electrons. The highest BCUT2D eigenvalue weighted by atomic mass is 31.2. The number of carbonyl (C=O) groups excluding carboxylic acids is 2. The van der Waals surface area contributed by atoms with E-state index >= 15 is 0 Å². The Morgan fingerprint density at radius 3 is 1.31 bits per heavy atom. The molecule has 1 unspecified atom stereocenters. The summed E-state index contributed by atoms with van der Waals surface area (Å²) in [6.07, 6.45) is 47.8. The number of rotatable bonds is 44. The van der Waals surface area contributed by atoms with Crippen molar-refractivity contribution in [2.45, 2.75) is 219 Å². The second kappa shape index (κ2) is 44.0. The topological polar surface area (TPSA) is 149 Å². The molecule has 344 valence electrons. The van der Waals surface area contributed by atoms with E-state index in [1.165, 1.54) is 96.3 Å². The number of ether oxygens (including phenoxy) is 2. The van der Waals surface area contributed by atoms with Gasteiger partial charge in [0.25, 0.3) is 0 Å². The molecule has 0 heterocycles. The minimum absolute atomic E-state index is 0.174. The maximum Gasteiger partial charge on any atom is 0.472 e. The molecule has 0 aromatic heterocycles. The van der Waals surface area contributed by atoms with Crippen LogP contribution in [0.1, 0.15) is 206 Å². The molecular formula is C48H87O10P. The van der Waals surface area contributed by atoms with E-state index in [4.69, 9.17) is 23.6 Å². The van der Waals surface area contributed by atoms with Crippen LogP contribution < -0.4 is 0 Å². The number of carbonyl (C=O) groups is 2. The van der Waals surface area contributed by atoms with Crippen molar-refractivity contribution in [3.05, 3.63) is 48.6 Å². The van der Waals surface area contributed by atoms with Gasteiger partial charge < -0.3 is 24.6 Å². The second-order valence-corrected chi connectivity index (χ2v) is 17.2. The van der Waals surface area contributed by atoms with Crippen molar-refractivity contribution in [3.8, 4) is 0 Å². The molecular weight excluding hydrogens is 767 g/mol. The van der Waals surface area contributed by atoms with Crippen LogP contribution in [0.25, 0.3) is 0 Å². The summed E-state index contributed by atoms with van der Waals surface area (Å²) in [5.74, 6) is -0.936. The molecule has 0 bridgehead atoms. The van der Waals surface area contributed by atoms with Crippen molar-refractivity contribution in [1.29, 1.82) is 0 Å². The predicted molar refractivity (Wildman–Crippen MR) is 242 cm³/mol. The molecule has 0 fully saturated rings. The molecule has 0 spiro atoms. The maximum atomic E-state index is 12.6. The van der Waals surface area contributed by atoms with Gasteiger partial charge in [0.15, 0.2) is 6.10 Å². The Bertz CT molecular complexity index is 1120. The highest BCUT2D eigenvalue weighted by Crippen LogP contribution is 2.43. The van der Waals surface area contributed by atoms with E-state index in [2.05, 4.69) is 62.5 Å². The maximum absolute atomic E-state index is 12.6. The van der Waals surface area contributed by atoms with Crippen LogP contribution in [-0.2, 0) is 32.7 Å². The summed E-state index contributed by atoms with van der Waals surface area (Å²) in [6, 6.07) is 0. The fraction of sp³-hybridized carbons (Fsp3) is 0.792. The molecule has 11 heteroatoms. The van der Waals surface area contributed by atoms with E-state index < -0.39 is 51.8 Å². The monoisotopic (exact) mass is 855 g/mol. The van der Waals surface area contributed by atoms with Gasteiger partial charge >= 0.3 is 19.8 Å². The zero-order valence-corrected chi connectivity index (χ0v) is 38.4. The molecule has 0 rings (SSSR count). The lowest BCUT2D eigenvalue weighted by atomic mass is 10.1. The highest BCUT2D eigenvalue weighted by Gasteiger charge is 2.27. The van der Waals surface area contributed by atoms with E-state index in [1.807, 2.05) is 0 Å². The lowest BCUT2D eigenvalue weighted by Gasteiger charge is -2.20. The third kappa shape index (κ3) is 43.8. The molecule has 0 aliphatic heterocycles. The Morgan fingerprint density at radius 2 is 0.881 bits per heavy atom. The number of unbranched alkanes of at least 4 members (excludes halogenated alkanes) is 22. The summed E-state index contributed by atoms with van der Waals surface area (Å²) in [7, 11) is -4.62. The third-order valence-electron chi connectivity index (χ3n) is 9.96. The van der Waals surface area contributed by atoms with Crippen molar-refractivity contribution < 1.29 is 47.8 Å². The Morgan fingerprint density at radius 1 is 0.508 bits per heavy atom. The summed E-state index contributed by atoms with van der Waals surface area (Å²) in [6.45, 7) is 2.33. The highest BCUT2D eigenvalue weighted by molar-refractivity contribution is 7.47. The Kier molecular flexibility index (Phi) is 42.5. The van der Waals surface area contributed by atoms with Crippen molar-refractivity contribution >= 4 is 19.8 Å². The largest absolute Gasteiger partial charge is 0.472 e. The standard InChI is InChI=1S/C48H87O10P/c1-3-5-7-9-11-13-15-17-19-21-22-24-25-27-29-31-33-35-37-39-47(51)55-43-46(44-57-59(53,54)56-42-45(50)41-49)58-48(52)40-38-36-34-32-30-28-26-23-20-18-16-14-12-10-8-6-4-2/h11-14,17-20,45-46,49-50H,3-10,15-16,21-44H2,1-2H3,(H,53,54)/b13-11-,14-12-,19-17-,20-18-/t45-,46+/m0/s1. The Balaban J connectivity index is 4.25. The number of esters is 2. The van der Waals surface area contributed by atoms with Crippen molar-refractivity contribution in [3.63, 3.8) is 0 Å². The molecule has 0 aliphatic carbocycles. The van der Waals surface area contributed by atoms with E-state index in [9.17, 15) is 24.2 Å². The average molecular weight is 855 g/mol. The molecule has 3 N–H and O–H groups in total. The molecule has 0 aliphatic rings. The fourth-order valence-electron chi connectivity index (χ4n) is 6.29. The van der Waals surface area contributed by atoms with Gasteiger partial charge in [-0.25, -0.2) is 4.57 Å². The first kappa shape index (κ1) is 56.9. The van der Waals surface area contributed by atoms with Crippen LogP contribution in [0, 0.1) is 0 Å². The number of allylic oxidation sites excluding steroid dienone is 8. The second-order valence-electron chi connectivity index (χ2n) is 15.8. The SMILES string of the molecule is CCCCC/C=C\C/C=C\CCCCCCCCCCCC(=O)OC[C@H](COP(=O)(O)OC[C@@H](O)CO)OC(=O)CCCCCCCCC/C=C\C/C=C\CCCCC. The van der Waals surface area contributed by atoms with E-state index in [-0.39, 0.29) is 19.4 Å². The van der Waals surface area contributed by atoms with Gasteiger partial charge in [0.2, 0.25) is 0 Å². The third-order valence-corrected chi connectivity index (χ3v) is 10.9. The van der Waals surface area contributed by atoms with Gasteiger partial charge in [0.05, 0.1) is 19.8 Å². The summed E-state index contributed by atoms with van der Waals surface area (Å²) in [5, 5.41) is 18.4. The minimum atomic E-state index is -4.62. The Hall–Kier alpha value is -2.07. The zero-order valence-electron chi connectivity index (χ0n) is 37.5. The van der Waals surface area contributed by atoms with Crippen LogP contribution in [0.5, 0.6) is 0 Å². The number of phosphoric acid groups is 1. The average Bonchev–Trinajstić information content (AvgIpc) is 3.22. The van der Waals surface area contributed by atoms with Gasteiger partial charge in [-0.05, 0) is 77.0 Å². The van der Waals surface area contributed by atoms with Crippen LogP contribution >= 0.6 is 7.82 Å². The smallest absolute Gasteiger partial charge is 0.462 e. The summed E-state index contributed by atoms with van der Waals surface area (Å²) < 4.78 is 32.8. The van der Waals surface area contributed by atoms with Crippen LogP contribution in [0.15, 0.2) is 48.6 Å². The molecule has 0 amide bonds. The number of aliphatic hydroxyl groups excluding tert-OH is 2. The molecule has 3 atom stereocenters. The van der Waals surface area contributed by atoms with Crippen LogP contribution in [0.4, 0.5) is 0 Å². The molecule has 10 nitrogen and oxygen atoms in total. The van der Waals surface area contributed by atoms with Crippen molar-refractivity contribution in [2.75, 3.05) is 26.4 Å². The van der Waals surface area contributed by atoms with E-state index in [1.54, 1.807) is 0 Å². The molecule has 0 saturated heterocycles. The van der Waals surface area contributed by atoms with E-state index in [0.29, 0.717) is 12.8 Å². The summed E-state index contributed by atoms with van der Waals surface area (Å²) in [5.41, 5.74) is 0. The fourth-order valence-corrected chi connectivity index (χ4v) is 7.08. The quantitative estimate of drug-likeness (QED) is 0.0234. The molecule has 59 heavy (non-hydrogen) atoms. The summed E-state index contributed by atoms with van der Waals surface area (Å²) >= 11 is 0. The number of hydrogen-bond acceptors (Lipinski definition) is 9. The first-order chi connectivity index (χ1) is 28.7. The number of hydrogen-bond donors (Lipinski definition) is 3. The summed E-state index contributed by atoms with van der Waals surface area (Å²) in [4.78, 5) is 35.1. The van der Waals surface area contributed by atoms with Crippen LogP contribution in [0.3, 0.4) is 0 Å². The van der Waals surface area contributed by atoms with Crippen LogP contribution in [-0.4, -0.2) is 65.7 Å². The normalized spacial score (nSPS) is 14.2. The number of aliphatic hydroxyl groups is 2.